The molecule has 0 atom stereocenters. The maximum Gasteiger partial charge on any atom is 0.275 e. The highest BCUT2D eigenvalue weighted by molar-refractivity contribution is 9.10. The number of hydrogen-bond donors (Lipinski definition) is 1. The van der Waals surface area contributed by atoms with Crippen molar-refractivity contribution in [3.63, 3.8) is 0 Å². The van der Waals surface area contributed by atoms with Crippen molar-refractivity contribution in [2.45, 2.75) is 0 Å². The van der Waals surface area contributed by atoms with Crippen molar-refractivity contribution in [2.24, 2.45) is 4.99 Å². The highest BCUT2D eigenvalue weighted by atomic mass is 79.9. The summed E-state index contributed by atoms with van der Waals surface area (Å²) in [6.07, 6.45) is 0. The summed E-state index contributed by atoms with van der Waals surface area (Å²) in [5.41, 5.74) is 1.79. The van der Waals surface area contributed by atoms with Gasteiger partial charge in [-0.3, -0.25) is 14.9 Å². The molecular formula is C15H10BrN3O4. The van der Waals surface area contributed by atoms with E-state index in [0.717, 1.165) is 4.47 Å². The van der Waals surface area contributed by atoms with Gasteiger partial charge in [0.25, 0.3) is 11.6 Å². The van der Waals surface area contributed by atoms with E-state index in [2.05, 4.69) is 26.2 Å². The molecule has 1 aliphatic heterocycles. The number of halogens is 1. The zero-order valence-electron chi connectivity index (χ0n) is 11.9. The average Bonchev–Trinajstić information content (AvgIpc) is 2.83. The normalized spacial score (nSPS) is 14.5. The molecule has 0 unspecified atom stereocenters. The van der Waals surface area contributed by atoms with E-state index >= 15 is 0 Å². The SMILES string of the molecule is COc1cc([N+](=O)[O-])ccc1N=C1C(=O)Nc2ccc(Br)cc21. The largest absolute Gasteiger partial charge is 0.494 e. The highest BCUT2D eigenvalue weighted by Gasteiger charge is 2.26. The molecule has 0 saturated heterocycles. The summed E-state index contributed by atoms with van der Waals surface area (Å²) in [5, 5.41) is 13.5. The van der Waals surface area contributed by atoms with Crippen molar-refractivity contribution < 1.29 is 14.5 Å². The van der Waals surface area contributed by atoms with Gasteiger partial charge in [0.15, 0.2) is 5.75 Å². The molecule has 8 heteroatoms. The molecule has 1 amide bonds. The van der Waals surface area contributed by atoms with E-state index < -0.39 is 4.92 Å². The zero-order chi connectivity index (χ0) is 16.6. The minimum Gasteiger partial charge on any atom is -0.494 e. The summed E-state index contributed by atoms with van der Waals surface area (Å²) in [6, 6.07) is 9.41. The smallest absolute Gasteiger partial charge is 0.275 e. The van der Waals surface area contributed by atoms with Gasteiger partial charge in [-0.15, -0.1) is 0 Å². The summed E-state index contributed by atoms with van der Waals surface area (Å²) in [7, 11) is 1.39. The molecule has 2 aromatic carbocycles. The third-order valence-electron chi connectivity index (χ3n) is 3.31. The van der Waals surface area contributed by atoms with E-state index in [4.69, 9.17) is 4.74 Å². The molecule has 116 valence electrons. The van der Waals surface area contributed by atoms with Crippen LogP contribution in [0.15, 0.2) is 45.9 Å². The lowest BCUT2D eigenvalue weighted by Crippen LogP contribution is -2.14. The van der Waals surface area contributed by atoms with Gasteiger partial charge >= 0.3 is 0 Å². The van der Waals surface area contributed by atoms with Crippen LogP contribution in [0.3, 0.4) is 0 Å². The Morgan fingerprint density at radius 3 is 2.74 bits per heavy atom. The van der Waals surface area contributed by atoms with E-state index in [1.54, 1.807) is 12.1 Å². The number of benzene rings is 2. The fraction of sp³-hybridized carbons (Fsp3) is 0.0667. The number of non-ortho nitro benzene ring substituents is 1. The monoisotopic (exact) mass is 375 g/mol. The number of rotatable bonds is 3. The first-order chi connectivity index (χ1) is 11.0. The van der Waals surface area contributed by atoms with E-state index in [-0.39, 0.29) is 23.1 Å². The molecular weight excluding hydrogens is 366 g/mol. The number of nitro groups is 1. The van der Waals surface area contributed by atoms with Crippen LogP contribution in [-0.2, 0) is 4.79 Å². The summed E-state index contributed by atoms with van der Waals surface area (Å²) in [4.78, 5) is 26.7. The predicted octanol–water partition coefficient (Wildman–Crippen LogP) is 3.44. The number of amides is 1. The van der Waals surface area contributed by atoms with Crippen LogP contribution in [0.1, 0.15) is 5.56 Å². The molecule has 1 N–H and O–H groups in total. The Hall–Kier alpha value is -2.74. The molecule has 0 saturated carbocycles. The number of fused-ring (bicyclic) bond motifs is 1. The van der Waals surface area contributed by atoms with Gasteiger partial charge < -0.3 is 10.1 Å². The molecule has 0 aliphatic carbocycles. The summed E-state index contributed by atoms with van der Waals surface area (Å²) >= 11 is 3.36. The van der Waals surface area contributed by atoms with Crippen molar-refractivity contribution in [1.82, 2.24) is 0 Å². The third kappa shape index (κ3) is 2.80. The Labute approximate surface area is 139 Å². The molecule has 23 heavy (non-hydrogen) atoms. The maximum atomic E-state index is 12.1. The van der Waals surface area contributed by atoms with Gasteiger partial charge in [-0.2, -0.15) is 0 Å². The van der Waals surface area contributed by atoms with Gasteiger partial charge in [0.05, 0.1) is 23.8 Å². The second kappa shape index (κ2) is 5.81. The standard InChI is InChI=1S/C15H10BrN3O4/c1-23-13-7-9(19(21)22)3-5-12(13)17-14-10-6-8(16)2-4-11(10)18-15(14)20/h2-7H,1H3,(H,17,18,20). The van der Waals surface area contributed by atoms with Crippen LogP contribution in [0, 0.1) is 10.1 Å². The van der Waals surface area contributed by atoms with Crippen molar-refractivity contribution in [3.05, 3.63) is 56.5 Å². The number of carbonyl (C=O) groups excluding carboxylic acids is 1. The van der Waals surface area contributed by atoms with E-state index in [1.165, 1.54) is 25.3 Å². The van der Waals surface area contributed by atoms with Gasteiger partial charge in [0.2, 0.25) is 0 Å². The number of nitro benzene ring substituents is 1. The lowest BCUT2D eigenvalue weighted by Gasteiger charge is -2.05. The van der Waals surface area contributed by atoms with Crippen molar-refractivity contribution in [1.29, 1.82) is 0 Å². The first-order valence-corrected chi connectivity index (χ1v) is 7.31. The van der Waals surface area contributed by atoms with Crippen LogP contribution in [-0.4, -0.2) is 23.7 Å². The Kier molecular flexibility index (Phi) is 3.83. The Morgan fingerprint density at radius 1 is 1.26 bits per heavy atom. The number of nitrogens with one attached hydrogen (secondary N) is 1. The molecule has 7 nitrogen and oxygen atoms in total. The van der Waals surface area contributed by atoms with Crippen LogP contribution in [0.25, 0.3) is 0 Å². The lowest BCUT2D eigenvalue weighted by molar-refractivity contribution is -0.384. The average molecular weight is 376 g/mol. The van der Waals surface area contributed by atoms with Gasteiger partial charge in [0.1, 0.15) is 11.4 Å². The van der Waals surface area contributed by atoms with Crippen LogP contribution < -0.4 is 10.1 Å². The number of ether oxygens (including phenoxy) is 1. The van der Waals surface area contributed by atoms with Gasteiger partial charge in [-0.25, -0.2) is 4.99 Å². The van der Waals surface area contributed by atoms with Crippen molar-refractivity contribution in [2.75, 3.05) is 12.4 Å². The van der Waals surface area contributed by atoms with Crippen LogP contribution in [0.2, 0.25) is 0 Å². The zero-order valence-corrected chi connectivity index (χ0v) is 13.5. The molecule has 3 rings (SSSR count). The van der Waals surface area contributed by atoms with E-state index in [9.17, 15) is 14.9 Å². The molecule has 0 radical (unpaired) electrons. The second-order valence-electron chi connectivity index (χ2n) is 4.72. The quantitative estimate of drug-likeness (QED) is 0.656. The van der Waals surface area contributed by atoms with Gasteiger partial charge in [0, 0.05) is 16.1 Å². The Morgan fingerprint density at radius 2 is 2.04 bits per heavy atom. The van der Waals surface area contributed by atoms with Gasteiger partial charge in [-0.1, -0.05) is 15.9 Å². The highest BCUT2D eigenvalue weighted by Crippen LogP contribution is 2.34. The molecule has 0 spiro atoms. The minimum absolute atomic E-state index is 0.107. The Balaban J connectivity index is 2.11. The van der Waals surface area contributed by atoms with Crippen LogP contribution in [0.4, 0.5) is 17.1 Å². The number of nitrogens with zero attached hydrogens (tertiary/aromatic N) is 2. The number of hydrogen-bond acceptors (Lipinski definition) is 5. The van der Waals surface area contributed by atoms with Crippen LogP contribution >= 0.6 is 15.9 Å². The number of aliphatic imine (C=N–C) groups is 1. The fourth-order valence-corrected chi connectivity index (χ4v) is 2.59. The van der Waals surface area contributed by atoms with Gasteiger partial charge in [-0.05, 0) is 24.3 Å². The predicted molar refractivity (Wildman–Crippen MR) is 88.6 cm³/mol. The van der Waals surface area contributed by atoms with E-state index in [0.29, 0.717) is 16.9 Å². The molecule has 0 fully saturated rings. The first-order valence-electron chi connectivity index (χ1n) is 6.52. The molecule has 1 aliphatic rings. The van der Waals surface area contributed by atoms with Crippen molar-refractivity contribution in [3.8, 4) is 5.75 Å². The molecule has 0 aromatic heterocycles. The molecule has 0 bridgehead atoms. The van der Waals surface area contributed by atoms with Crippen molar-refractivity contribution >= 4 is 44.6 Å². The lowest BCUT2D eigenvalue weighted by atomic mass is 10.1. The number of anilines is 1. The fourth-order valence-electron chi connectivity index (χ4n) is 2.23. The summed E-state index contributed by atoms with van der Waals surface area (Å²) < 4.78 is 5.96. The maximum absolute atomic E-state index is 12.1. The van der Waals surface area contributed by atoms with E-state index in [1.807, 2.05) is 6.07 Å². The van der Waals surface area contributed by atoms with Crippen LogP contribution in [0.5, 0.6) is 5.75 Å². The first kappa shape index (κ1) is 15.2. The number of methoxy groups -OCH3 is 1. The Bertz CT molecular complexity index is 864. The third-order valence-corrected chi connectivity index (χ3v) is 3.80. The molecule has 2 aromatic rings. The number of carbonyl (C=O) groups is 1. The topological polar surface area (TPSA) is 93.8 Å². The summed E-state index contributed by atoms with van der Waals surface area (Å²) in [5.74, 6) is -0.110. The molecule has 1 heterocycles. The summed E-state index contributed by atoms with van der Waals surface area (Å²) in [6.45, 7) is 0. The second-order valence-corrected chi connectivity index (χ2v) is 5.63. The minimum atomic E-state index is -0.520.